The SMILES string of the molecule is Cc1cccc(=O)n1CCC(=O)N[C@@H]1CC(=O)N(c2ccccc2Cl)C1. The number of benzene rings is 1. The second-order valence-corrected chi connectivity index (χ2v) is 6.74. The number of anilines is 1. The molecule has 1 aliphatic rings. The van der Waals surface area contributed by atoms with Gasteiger partial charge in [0.05, 0.1) is 16.8 Å². The minimum absolute atomic E-state index is 0.0708. The Kier molecular flexibility index (Phi) is 5.42. The molecule has 136 valence electrons. The molecule has 0 aliphatic carbocycles. The summed E-state index contributed by atoms with van der Waals surface area (Å²) in [5, 5.41) is 3.38. The molecular formula is C19H20ClN3O3. The van der Waals surface area contributed by atoms with Crippen LogP contribution in [0.2, 0.25) is 5.02 Å². The zero-order valence-electron chi connectivity index (χ0n) is 14.4. The normalized spacial score (nSPS) is 16.8. The molecule has 1 fully saturated rings. The third-order valence-electron chi connectivity index (χ3n) is 4.46. The van der Waals surface area contributed by atoms with E-state index < -0.39 is 0 Å². The van der Waals surface area contributed by atoms with Crippen LogP contribution >= 0.6 is 11.6 Å². The summed E-state index contributed by atoms with van der Waals surface area (Å²) in [5.41, 5.74) is 1.34. The van der Waals surface area contributed by atoms with Crippen molar-refractivity contribution < 1.29 is 9.59 Å². The molecule has 3 rings (SSSR count). The Labute approximate surface area is 156 Å². The van der Waals surface area contributed by atoms with Crippen molar-refractivity contribution in [1.29, 1.82) is 0 Å². The van der Waals surface area contributed by atoms with E-state index in [9.17, 15) is 14.4 Å². The number of carbonyl (C=O) groups excluding carboxylic acids is 2. The average Bonchev–Trinajstić information content (AvgIpc) is 2.95. The van der Waals surface area contributed by atoms with E-state index in [1.54, 1.807) is 33.7 Å². The Morgan fingerprint density at radius 2 is 1.96 bits per heavy atom. The third kappa shape index (κ3) is 3.96. The number of nitrogens with zero attached hydrogens (tertiary/aromatic N) is 2. The number of pyridine rings is 1. The molecule has 2 aromatic rings. The summed E-state index contributed by atoms with van der Waals surface area (Å²) in [7, 11) is 0. The Morgan fingerprint density at radius 1 is 1.19 bits per heavy atom. The van der Waals surface area contributed by atoms with E-state index in [-0.39, 0.29) is 36.3 Å². The van der Waals surface area contributed by atoms with Gasteiger partial charge in [-0.1, -0.05) is 29.8 Å². The van der Waals surface area contributed by atoms with Crippen molar-refractivity contribution in [2.45, 2.75) is 32.4 Å². The maximum atomic E-state index is 12.3. The molecule has 1 aromatic heterocycles. The molecule has 2 heterocycles. The van der Waals surface area contributed by atoms with E-state index >= 15 is 0 Å². The van der Waals surface area contributed by atoms with Gasteiger partial charge in [-0.3, -0.25) is 14.4 Å². The van der Waals surface area contributed by atoms with Crippen molar-refractivity contribution in [3.05, 3.63) is 63.5 Å². The molecule has 0 bridgehead atoms. The number of rotatable bonds is 5. The van der Waals surface area contributed by atoms with Crippen molar-refractivity contribution in [2.75, 3.05) is 11.4 Å². The molecule has 1 N–H and O–H groups in total. The van der Waals surface area contributed by atoms with Gasteiger partial charge in [-0.05, 0) is 25.1 Å². The van der Waals surface area contributed by atoms with Gasteiger partial charge in [-0.2, -0.15) is 0 Å². The summed E-state index contributed by atoms with van der Waals surface area (Å²) in [6.45, 7) is 2.53. The lowest BCUT2D eigenvalue weighted by atomic mass is 10.2. The number of hydrogen-bond acceptors (Lipinski definition) is 3. The van der Waals surface area contributed by atoms with Crippen molar-refractivity contribution in [3.63, 3.8) is 0 Å². The smallest absolute Gasteiger partial charge is 0.250 e. The van der Waals surface area contributed by atoms with Gasteiger partial charge in [-0.15, -0.1) is 0 Å². The standard InChI is InChI=1S/C19H20ClN3O3/c1-13-5-4-8-18(25)22(13)10-9-17(24)21-14-11-19(26)23(12-14)16-7-3-2-6-15(16)20/h2-8,14H,9-12H2,1H3,(H,21,24)/t14-/m1/s1. The number of carbonyl (C=O) groups is 2. The van der Waals surface area contributed by atoms with E-state index in [1.807, 2.05) is 19.1 Å². The molecule has 0 saturated carbocycles. The van der Waals surface area contributed by atoms with Crippen LogP contribution in [0.4, 0.5) is 5.69 Å². The second-order valence-electron chi connectivity index (χ2n) is 6.33. The zero-order valence-corrected chi connectivity index (χ0v) is 15.2. The molecule has 0 spiro atoms. The van der Waals surface area contributed by atoms with Crippen molar-refractivity contribution in [1.82, 2.24) is 9.88 Å². The van der Waals surface area contributed by atoms with Crippen LogP contribution in [0.3, 0.4) is 0 Å². The first kappa shape index (κ1) is 18.2. The molecule has 7 heteroatoms. The minimum atomic E-state index is -0.264. The summed E-state index contributed by atoms with van der Waals surface area (Å²) in [5.74, 6) is -0.252. The van der Waals surface area contributed by atoms with E-state index in [0.717, 1.165) is 5.69 Å². The maximum Gasteiger partial charge on any atom is 0.250 e. The molecule has 0 radical (unpaired) electrons. The van der Waals surface area contributed by atoms with Crippen LogP contribution in [0.15, 0.2) is 47.3 Å². The highest BCUT2D eigenvalue weighted by Gasteiger charge is 2.32. The van der Waals surface area contributed by atoms with Crippen LogP contribution in [0.1, 0.15) is 18.5 Å². The summed E-state index contributed by atoms with van der Waals surface area (Å²) >= 11 is 6.16. The fraction of sp³-hybridized carbons (Fsp3) is 0.316. The van der Waals surface area contributed by atoms with Gasteiger partial charge in [0.15, 0.2) is 0 Å². The van der Waals surface area contributed by atoms with E-state index in [2.05, 4.69) is 5.32 Å². The summed E-state index contributed by atoms with van der Waals surface area (Å²) < 4.78 is 1.56. The van der Waals surface area contributed by atoms with Crippen LogP contribution in [-0.4, -0.2) is 29.0 Å². The Balaban J connectivity index is 1.58. The van der Waals surface area contributed by atoms with Crippen LogP contribution < -0.4 is 15.8 Å². The first-order valence-electron chi connectivity index (χ1n) is 8.46. The van der Waals surface area contributed by atoms with E-state index in [1.165, 1.54) is 6.07 Å². The number of aryl methyl sites for hydroxylation is 1. The largest absolute Gasteiger partial charge is 0.351 e. The molecule has 26 heavy (non-hydrogen) atoms. The summed E-state index contributed by atoms with van der Waals surface area (Å²) in [6.07, 6.45) is 0.419. The number of para-hydroxylation sites is 1. The van der Waals surface area contributed by atoms with Gasteiger partial charge in [0, 0.05) is 37.7 Å². The number of aromatic nitrogens is 1. The van der Waals surface area contributed by atoms with Gasteiger partial charge >= 0.3 is 0 Å². The third-order valence-corrected chi connectivity index (χ3v) is 4.78. The number of nitrogens with one attached hydrogen (secondary N) is 1. The van der Waals surface area contributed by atoms with Crippen molar-refractivity contribution in [2.24, 2.45) is 0 Å². The van der Waals surface area contributed by atoms with Gasteiger partial charge in [0.25, 0.3) is 5.56 Å². The summed E-state index contributed by atoms with van der Waals surface area (Å²) in [4.78, 5) is 37.9. The predicted molar refractivity (Wildman–Crippen MR) is 100 cm³/mol. The van der Waals surface area contributed by atoms with Crippen LogP contribution in [-0.2, 0) is 16.1 Å². The molecule has 1 aliphatic heterocycles. The topological polar surface area (TPSA) is 71.4 Å². The van der Waals surface area contributed by atoms with Gasteiger partial charge in [0.2, 0.25) is 11.8 Å². The van der Waals surface area contributed by atoms with Crippen molar-refractivity contribution in [3.8, 4) is 0 Å². The maximum absolute atomic E-state index is 12.3. The molecule has 2 amide bonds. The second kappa shape index (κ2) is 7.74. The Hall–Kier alpha value is -2.60. The van der Waals surface area contributed by atoms with Crippen LogP contribution in [0.5, 0.6) is 0 Å². The lowest BCUT2D eigenvalue weighted by Gasteiger charge is -2.18. The highest BCUT2D eigenvalue weighted by atomic mass is 35.5. The fourth-order valence-electron chi connectivity index (χ4n) is 3.13. The lowest BCUT2D eigenvalue weighted by molar-refractivity contribution is -0.122. The van der Waals surface area contributed by atoms with E-state index in [0.29, 0.717) is 23.8 Å². The molecular weight excluding hydrogens is 354 g/mol. The van der Waals surface area contributed by atoms with Gasteiger partial charge in [-0.25, -0.2) is 0 Å². The highest BCUT2D eigenvalue weighted by molar-refractivity contribution is 6.33. The summed E-state index contributed by atoms with van der Waals surface area (Å²) in [6, 6.07) is 11.9. The molecule has 1 atom stereocenters. The quantitative estimate of drug-likeness (QED) is 0.872. The van der Waals surface area contributed by atoms with Crippen LogP contribution in [0, 0.1) is 6.92 Å². The van der Waals surface area contributed by atoms with Crippen molar-refractivity contribution >= 4 is 29.1 Å². The first-order chi connectivity index (χ1) is 12.5. The van der Waals surface area contributed by atoms with Gasteiger partial charge < -0.3 is 14.8 Å². The monoisotopic (exact) mass is 373 g/mol. The Bertz CT molecular complexity index is 894. The molecule has 1 saturated heterocycles. The first-order valence-corrected chi connectivity index (χ1v) is 8.84. The Morgan fingerprint density at radius 3 is 2.69 bits per heavy atom. The predicted octanol–water partition coefficient (Wildman–Crippen LogP) is 2.12. The lowest BCUT2D eigenvalue weighted by Crippen LogP contribution is -2.38. The van der Waals surface area contributed by atoms with E-state index in [4.69, 9.17) is 11.6 Å². The average molecular weight is 374 g/mol. The number of amides is 2. The minimum Gasteiger partial charge on any atom is -0.351 e. The number of halogens is 1. The van der Waals surface area contributed by atoms with Crippen LogP contribution in [0.25, 0.3) is 0 Å². The molecule has 1 aromatic carbocycles. The van der Waals surface area contributed by atoms with Gasteiger partial charge in [0.1, 0.15) is 0 Å². The number of hydrogen-bond donors (Lipinski definition) is 1. The fourth-order valence-corrected chi connectivity index (χ4v) is 3.37. The highest BCUT2D eigenvalue weighted by Crippen LogP contribution is 2.28. The molecule has 6 nitrogen and oxygen atoms in total. The zero-order chi connectivity index (χ0) is 18.7. The molecule has 0 unspecified atom stereocenters.